The molecule has 3 aromatic carbocycles. The van der Waals surface area contributed by atoms with Crippen LogP contribution in [-0.4, -0.2) is 20.4 Å². The number of para-hydroxylation sites is 1. The molecule has 0 heterocycles. The highest BCUT2D eigenvalue weighted by atomic mass is 35.5. The largest absolute Gasteiger partial charge is 0.324 e. The molecule has 3 rings (SSSR count). The molecule has 29 heavy (non-hydrogen) atoms. The van der Waals surface area contributed by atoms with Gasteiger partial charge < -0.3 is 5.32 Å². The van der Waals surface area contributed by atoms with Gasteiger partial charge in [-0.05, 0) is 54.8 Å². The highest BCUT2D eigenvalue weighted by Crippen LogP contribution is 2.17. The highest BCUT2D eigenvalue weighted by Gasteiger charge is 2.26. The molecule has 0 aliphatic rings. The van der Waals surface area contributed by atoms with Crippen LogP contribution in [0.5, 0.6) is 0 Å². The lowest BCUT2D eigenvalue weighted by Crippen LogP contribution is -2.45. The van der Waals surface area contributed by atoms with E-state index in [4.69, 9.17) is 11.6 Å². The Kier molecular flexibility index (Phi) is 6.69. The van der Waals surface area contributed by atoms with Crippen molar-refractivity contribution in [2.24, 2.45) is 0 Å². The topological polar surface area (TPSA) is 75.3 Å². The second-order valence-corrected chi connectivity index (χ2v) is 8.77. The zero-order chi connectivity index (χ0) is 20.9. The number of hydrogen-bond donors (Lipinski definition) is 2. The number of nitrogens with one attached hydrogen (secondary N) is 2. The molecule has 150 valence electrons. The van der Waals surface area contributed by atoms with E-state index in [2.05, 4.69) is 10.0 Å². The molecule has 0 saturated heterocycles. The van der Waals surface area contributed by atoms with Gasteiger partial charge in [0.2, 0.25) is 15.9 Å². The summed E-state index contributed by atoms with van der Waals surface area (Å²) in [6.07, 6.45) is 0.214. The van der Waals surface area contributed by atoms with Crippen LogP contribution in [0, 0.1) is 6.92 Å². The fourth-order valence-electron chi connectivity index (χ4n) is 2.84. The van der Waals surface area contributed by atoms with Gasteiger partial charge >= 0.3 is 0 Å². The van der Waals surface area contributed by atoms with Crippen LogP contribution in [0.25, 0.3) is 0 Å². The molecular formula is C22H21ClN2O3S. The quantitative estimate of drug-likeness (QED) is 0.592. The van der Waals surface area contributed by atoms with Crippen LogP contribution in [-0.2, 0) is 21.2 Å². The first-order valence-electron chi connectivity index (χ1n) is 9.03. The van der Waals surface area contributed by atoms with Gasteiger partial charge in [0.1, 0.15) is 6.04 Å². The van der Waals surface area contributed by atoms with E-state index in [1.54, 1.807) is 6.07 Å². The number of anilines is 1. The molecule has 2 N–H and O–H groups in total. The van der Waals surface area contributed by atoms with Crippen molar-refractivity contribution in [2.75, 3.05) is 5.32 Å². The van der Waals surface area contributed by atoms with E-state index in [1.165, 1.54) is 24.3 Å². The third kappa shape index (κ3) is 5.67. The van der Waals surface area contributed by atoms with Gasteiger partial charge in [0.15, 0.2) is 0 Å². The summed E-state index contributed by atoms with van der Waals surface area (Å²) >= 11 is 5.85. The van der Waals surface area contributed by atoms with Gasteiger partial charge in [-0.15, -0.1) is 0 Å². The van der Waals surface area contributed by atoms with E-state index >= 15 is 0 Å². The standard InChI is InChI=1S/C22H21ClN2O3S/c1-16-7-5-6-10-20(16)24-22(26)21(15-17-8-3-2-4-9-17)25-29(27,28)19-13-11-18(23)12-14-19/h2-14,21,25H,15H2,1H3,(H,24,26)/t21-/m1/s1. The lowest BCUT2D eigenvalue weighted by molar-refractivity contribution is -0.117. The van der Waals surface area contributed by atoms with E-state index in [1.807, 2.05) is 55.5 Å². The van der Waals surface area contributed by atoms with Crippen LogP contribution in [0.15, 0.2) is 83.8 Å². The molecule has 5 nitrogen and oxygen atoms in total. The number of rotatable bonds is 7. The van der Waals surface area contributed by atoms with E-state index in [-0.39, 0.29) is 11.3 Å². The third-order valence-corrected chi connectivity index (χ3v) is 6.16. The van der Waals surface area contributed by atoms with Gasteiger partial charge in [0, 0.05) is 10.7 Å². The summed E-state index contributed by atoms with van der Waals surface area (Å²) in [4.78, 5) is 13.0. The SMILES string of the molecule is Cc1ccccc1NC(=O)[C@@H](Cc1ccccc1)NS(=O)(=O)c1ccc(Cl)cc1. The summed E-state index contributed by atoms with van der Waals surface area (Å²) in [7, 11) is -3.91. The van der Waals surface area contributed by atoms with Crippen LogP contribution in [0.4, 0.5) is 5.69 Å². The van der Waals surface area contributed by atoms with Crippen molar-refractivity contribution >= 4 is 33.2 Å². The fourth-order valence-corrected chi connectivity index (χ4v) is 4.16. The maximum atomic E-state index is 13.0. The van der Waals surface area contributed by atoms with Crippen molar-refractivity contribution in [2.45, 2.75) is 24.3 Å². The van der Waals surface area contributed by atoms with Gasteiger partial charge in [-0.25, -0.2) is 8.42 Å². The molecule has 0 aliphatic heterocycles. The molecule has 0 aliphatic carbocycles. The maximum absolute atomic E-state index is 13.0. The van der Waals surface area contributed by atoms with E-state index in [0.29, 0.717) is 10.7 Å². The molecule has 3 aromatic rings. The monoisotopic (exact) mass is 428 g/mol. The Morgan fingerprint density at radius 3 is 2.21 bits per heavy atom. The van der Waals surface area contributed by atoms with Crippen molar-refractivity contribution in [1.29, 1.82) is 0 Å². The summed E-state index contributed by atoms with van der Waals surface area (Å²) < 4.78 is 28.2. The van der Waals surface area contributed by atoms with Crippen molar-refractivity contribution in [3.63, 3.8) is 0 Å². The smallest absolute Gasteiger partial charge is 0.242 e. The molecule has 0 spiro atoms. The molecular weight excluding hydrogens is 408 g/mol. The third-order valence-electron chi connectivity index (χ3n) is 4.42. The minimum atomic E-state index is -3.91. The van der Waals surface area contributed by atoms with Crippen molar-refractivity contribution in [1.82, 2.24) is 4.72 Å². The van der Waals surface area contributed by atoms with Crippen molar-refractivity contribution < 1.29 is 13.2 Å². The predicted molar refractivity (Wildman–Crippen MR) is 116 cm³/mol. The first kappa shape index (κ1) is 21.0. The number of aryl methyl sites for hydroxylation is 1. The molecule has 7 heteroatoms. The summed E-state index contributed by atoms with van der Waals surface area (Å²) in [6.45, 7) is 1.87. The van der Waals surface area contributed by atoms with Crippen LogP contribution in [0.1, 0.15) is 11.1 Å². The van der Waals surface area contributed by atoms with Crippen molar-refractivity contribution in [3.05, 3.63) is 95.0 Å². The van der Waals surface area contributed by atoms with E-state index < -0.39 is 22.0 Å². The number of benzene rings is 3. The Bertz CT molecular complexity index is 1080. The van der Waals surface area contributed by atoms with Gasteiger partial charge in [0.25, 0.3) is 0 Å². The molecule has 0 bridgehead atoms. The van der Waals surface area contributed by atoms with Crippen LogP contribution < -0.4 is 10.0 Å². The number of hydrogen-bond acceptors (Lipinski definition) is 3. The Labute approximate surface area is 175 Å². The van der Waals surface area contributed by atoms with Gasteiger partial charge in [0.05, 0.1) is 4.90 Å². The molecule has 0 unspecified atom stereocenters. The number of carbonyl (C=O) groups is 1. The van der Waals surface area contributed by atoms with Gasteiger partial charge in [-0.2, -0.15) is 4.72 Å². The van der Waals surface area contributed by atoms with Gasteiger partial charge in [-0.1, -0.05) is 60.1 Å². The fraction of sp³-hybridized carbons (Fsp3) is 0.136. The minimum absolute atomic E-state index is 0.0450. The second-order valence-electron chi connectivity index (χ2n) is 6.62. The van der Waals surface area contributed by atoms with Gasteiger partial charge in [-0.3, -0.25) is 4.79 Å². The average molecular weight is 429 g/mol. The zero-order valence-electron chi connectivity index (χ0n) is 15.8. The Hall–Kier alpha value is -2.67. The molecule has 0 saturated carbocycles. The van der Waals surface area contributed by atoms with Crippen molar-refractivity contribution in [3.8, 4) is 0 Å². The number of carbonyl (C=O) groups excluding carboxylic acids is 1. The number of halogens is 1. The molecule has 1 atom stereocenters. The maximum Gasteiger partial charge on any atom is 0.242 e. The Morgan fingerprint density at radius 2 is 1.55 bits per heavy atom. The highest BCUT2D eigenvalue weighted by molar-refractivity contribution is 7.89. The predicted octanol–water partition coefficient (Wildman–Crippen LogP) is 4.18. The molecule has 0 radical (unpaired) electrons. The number of sulfonamides is 1. The average Bonchev–Trinajstić information content (AvgIpc) is 2.70. The summed E-state index contributed by atoms with van der Waals surface area (Å²) in [5.74, 6) is -0.430. The molecule has 1 amide bonds. The summed E-state index contributed by atoms with van der Waals surface area (Å²) in [5, 5.41) is 3.26. The zero-order valence-corrected chi connectivity index (χ0v) is 17.4. The Morgan fingerprint density at radius 1 is 0.931 bits per heavy atom. The first-order valence-corrected chi connectivity index (χ1v) is 10.9. The molecule has 0 aromatic heterocycles. The summed E-state index contributed by atoms with van der Waals surface area (Å²) in [6, 6.07) is 21.4. The first-order chi connectivity index (χ1) is 13.8. The van der Waals surface area contributed by atoms with E-state index in [9.17, 15) is 13.2 Å². The lowest BCUT2D eigenvalue weighted by atomic mass is 10.1. The lowest BCUT2D eigenvalue weighted by Gasteiger charge is -2.19. The second kappa shape index (κ2) is 9.22. The summed E-state index contributed by atoms with van der Waals surface area (Å²) in [5.41, 5.74) is 2.37. The van der Waals surface area contributed by atoms with Crippen LogP contribution >= 0.6 is 11.6 Å². The number of amides is 1. The molecule has 0 fully saturated rings. The Balaban J connectivity index is 1.87. The minimum Gasteiger partial charge on any atom is -0.324 e. The van der Waals surface area contributed by atoms with Crippen LogP contribution in [0.2, 0.25) is 5.02 Å². The van der Waals surface area contributed by atoms with E-state index in [0.717, 1.165) is 11.1 Å². The van der Waals surface area contributed by atoms with Crippen LogP contribution in [0.3, 0.4) is 0 Å². The normalized spacial score (nSPS) is 12.3.